The van der Waals surface area contributed by atoms with Gasteiger partial charge in [0.25, 0.3) is 0 Å². The SMILES string of the molecule is COCCCc1cnn(C)c1. The van der Waals surface area contributed by atoms with Crippen LogP contribution in [0.3, 0.4) is 0 Å². The highest BCUT2D eigenvalue weighted by atomic mass is 16.5. The highest BCUT2D eigenvalue weighted by molar-refractivity contribution is 5.03. The largest absolute Gasteiger partial charge is 0.385 e. The normalized spacial score (nSPS) is 10.4. The maximum Gasteiger partial charge on any atom is 0.0521 e. The van der Waals surface area contributed by atoms with Crippen molar-refractivity contribution in [1.82, 2.24) is 9.78 Å². The van der Waals surface area contributed by atoms with Gasteiger partial charge in [-0.05, 0) is 18.4 Å². The number of methoxy groups -OCH3 is 1. The Balaban J connectivity index is 2.27. The average molecular weight is 154 g/mol. The Morgan fingerprint density at radius 3 is 3.00 bits per heavy atom. The zero-order valence-electron chi connectivity index (χ0n) is 7.08. The fourth-order valence-corrected chi connectivity index (χ4v) is 1.02. The third-order valence-electron chi connectivity index (χ3n) is 1.57. The van der Waals surface area contributed by atoms with E-state index in [0.29, 0.717) is 0 Å². The van der Waals surface area contributed by atoms with Crippen LogP contribution < -0.4 is 0 Å². The van der Waals surface area contributed by atoms with E-state index in [1.165, 1.54) is 5.56 Å². The molecule has 0 saturated carbocycles. The van der Waals surface area contributed by atoms with Crippen molar-refractivity contribution in [3.8, 4) is 0 Å². The fraction of sp³-hybridized carbons (Fsp3) is 0.625. The highest BCUT2D eigenvalue weighted by Crippen LogP contribution is 2.00. The number of aromatic nitrogens is 2. The second-order valence-corrected chi connectivity index (χ2v) is 2.62. The van der Waals surface area contributed by atoms with E-state index in [1.807, 2.05) is 24.1 Å². The summed E-state index contributed by atoms with van der Waals surface area (Å²) < 4.78 is 6.76. The van der Waals surface area contributed by atoms with Crippen molar-refractivity contribution < 1.29 is 4.74 Å². The Morgan fingerprint density at radius 2 is 2.45 bits per heavy atom. The minimum Gasteiger partial charge on any atom is -0.385 e. The van der Waals surface area contributed by atoms with Crippen LogP contribution in [0.5, 0.6) is 0 Å². The first kappa shape index (κ1) is 8.27. The van der Waals surface area contributed by atoms with Gasteiger partial charge in [-0.2, -0.15) is 5.10 Å². The Hall–Kier alpha value is -0.830. The lowest BCUT2D eigenvalue weighted by atomic mass is 10.2. The fourth-order valence-electron chi connectivity index (χ4n) is 1.02. The predicted octanol–water partition coefficient (Wildman–Crippen LogP) is 0.999. The van der Waals surface area contributed by atoms with E-state index in [4.69, 9.17) is 4.74 Å². The molecule has 0 aliphatic carbocycles. The van der Waals surface area contributed by atoms with Crippen LogP contribution in [0, 0.1) is 0 Å². The first-order chi connectivity index (χ1) is 5.33. The molecule has 3 nitrogen and oxygen atoms in total. The van der Waals surface area contributed by atoms with Crippen LogP contribution in [-0.4, -0.2) is 23.5 Å². The van der Waals surface area contributed by atoms with Crippen LogP contribution in [-0.2, 0) is 18.2 Å². The lowest BCUT2D eigenvalue weighted by Crippen LogP contribution is -1.91. The minimum atomic E-state index is 0.828. The number of hydrogen-bond donors (Lipinski definition) is 0. The standard InChI is InChI=1S/C8H14N2O/c1-10-7-8(6-9-10)4-3-5-11-2/h6-7H,3-5H2,1-2H3. The summed E-state index contributed by atoms with van der Waals surface area (Å²) in [7, 11) is 3.66. The lowest BCUT2D eigenvalue weighted by molar-refractivity contribution is 0.195. The second kappa shape index (κ2) is 4.13. The molecule has 0 N–H and O–H groups in total. The zero-order valence-corrected chi connectivity index (χ0v) is 7.08. The van der Waals surface area contributed by atoms with E-state index >= 15 is 0 Å². The summed E-state index contributed by atoms with van der Waals surface area (Å²) in [5, 5.41) is 4.07. The van der Waals surface area contributed by atoms with E-state index in [2.05, 4.69) is 5.10 Å². The first-order valence-electron chi connectivity index (χ1n) is 3.79. The van der Waals surface area contributed by atoms with Crippen molar-refractivity contribution in [3.05, 3.63) is 18.0 Å². The molecule has 0 aliphatic heterocycles. The van der Waals surface area contributed by atoms with Crippen LogP contribution in [0.25, 0.3) is 0 Å². The van der Waals surface area contributed by atoms with Gasteiger partial charge in [-0.3, -0.25) is 4.68 Å². The Bertz CT molecular complexity index is 208. The average Bonchev–Trinajstić information content (AvgIpc) is 2.37. The molecular weight excluding hydrogens is 140 g/mol. The van der Waals surface area contributed by atoms with E-state index < -0.39 is 0 Å². The molecule has 1 heterocycles. The third-order valence-corrected chi connectivity index (χ3v) is 1.57. The van der Waals surface area contributed by atoms with Crippen LogP contribution in [0.1, 0.15) is 12.0 Å². The molecule has 0 bridgehead atoms. The first-order valence-corrected chi connectivity index (χ1v) is 3.79. The molecule has 0 saturated heterocycles. The lowest BCUT2D eigenvalue weighted by Gasteiger charge is -1.95. The molecule has 0 aliphatic rings. The van der Waals surface area contributed by atoms with Crippen molar-refractivity contribution >= 4 is 0 Å². The van der Waals surface area contributed by atoms with Crippen molar-refractivity contribution in [2.45, 2.75) is 12.8 Å². The maximum absolute atomic E-state index is 4.94. The number of hydrogen-bond acceptors (Lipinski definition) is 2. The Kier molecular flexibility index (Phi) is 3.11. The minimum absolute atomic E-state index is 0.828. The molecule has 0 aromatic carbocycles. The molecule has 0 spiro atoms. The summed E-state index contributed by atoms with van der Waals surface area (Å²) in [5.41, 5.74) is 1.28. The van der Waals surface area contributed by atoms with E-state index in [9.17, 15) is 0 Å². The monoisotopic (exact) mass is 154 g/mol. The zero-order chi connectivity index (χ0) is 8.10. The van der Waals surface area contributed by atoms with Crippen LogP contribution in [0.15, 0.2) is 12.4 Å². The molecule has 11 heavy (non-hydrogen) atoms. The Morgan fingerprint density at radius 1 is 1.64 bits per heavy atom. The van der Waals surface area contributed by atoms with E-state index in [-0.39, 0.29) is 0 Å². The van der Waals surface area contributed by atoms with E-state index in [0.717, 1.165) is 19.4 Å². The molecule has 3 heteroatoms. The van der Waals surface area contributed by atoms with Gasteiger partial charge in [0.05, 0.1) is 6.20 Å². The van der Waals surface area contributed by atoms with Crippen molar-refractivity contribution in [2.24, 2.45) is 7.05 Å². The number of nitrogens with zero attached hydrogens (tertiary/aromatic N) is 2. The molecule has 0 atom stereocenters. The molecule has 1 rings (SSSR count). The van der Waals surface area contributed by atoms with Gasteiger partial charge in [-0.1, -0.05) is 0 Å². The smallest absolute Gasteiger partial charge is 0.0521 e. The van der Waals surface area contributed by atoms with Gasteiger partial charge < -0.3 is 4.74 Å². The summed E-state index contributed by atoms with van der Waals surface area (Å²) in [4.78, 5) is 0. The summed E-state index contributed by atoms with van der Waals surface area (Å²) in [6.45, 7) is 0.828. The van der Waals surface area contributed by atoms with Gasteiger partial charge in [0, 0.05) is 27.0 Å². The highest BCUT2D eigenvalue weighted by Gasteiger charge is 1.94. The molecule has 0 unspecified atom stereocenters. The molecule has 0 radical (unpaired) electrons. The van der Waals surface area contributed by atoms with E-state index in [1.54, 1.807) is 7.11 Å². The summed E-state index contributed by atoms with van der Waals surface area (Å²) in [6.07, 6.45) is 6.06. The second-order valence-electron chi connectivity index (χ2n) is 2.62. The molecule has 0 amide bonds. The topological polar surface area (TPSA) is 27.1 Å². The number of rotatable bonds is 4. The van der Waals surface area contributed by atoms with Gasteiger partial charge >= 0.3 is 0 Å². The maximum atomic E-state index is 4.94. The van der Waals surface area contributed by atoms with Crippen molar-refractivity contribution in [1.29, 1.82) is 0 Å². The van der Waals surface area contributed by atoms with Gasteiger partial charge in [-0.15, -0.1) is 0 Å². The van der Waals surface area contributed by atoms with Crippen LogP contribution in [0.2, 0.25) is 0 Å². The number of ether oxygens (including phenoxy) is 1. The van der Waals surface area contributed by atoms with Gasteiger partial charge in [0.15, 0.2) is 0 Å². The quantitative estimate of drug-likeness (QED) is 0.605. The Labute approximate surface area is 67.0 Å². The summed E-state index contributed by atoms with van der Waals surface area (Å²) in [6, 6.07) is 0. The summed E-state index contributed by atoms with van der Waals surface area (Å²) in [5.74, 6) is 0. The van der Waals surface area contributed by atoms with Gasteiger partial charge in [0.1, 0.15) is 0 Å². The molecule has 62 valence electrons. The van der Waals surface area contributed by atoms with Crippen LogP contribution >= 0.6 is 0 Å². The predicted molar refractivity (Wildman–Crippen MR) is 43.4 cm³/mol. The van der Waals surface area contributed by atoms with Gasteiger partial charge in [0.2, 0.25) is 0 Å². The van der Waals surface area contributed by atoms with Crippen molar-refractivity contribution in [2.75, 3.05) is 13.7 Å². The molecular formula is C8H14N2O. The number of aryl methyl sites for hydroxylation is 2. The molecule has 0 fully saturated rings. The summed E-state index contributed by atoms with van der Waals surface area (Å²) >= 11 is 0. The third kappa shape index (κ3) is 2.72. The molecule has 1 aromatic rings. The molecule has 1 aromatic heterocycles. The van der Waals surface area contributed by atoms with Crippen LogP contribution in [0.4, 0.5) is 0 Å². The van der Waals surface area contributed by atoms with Crippen molar-refractivity contribution in [3.63, 3.8) is 0 Å². The van der Waals surface area contributed by atoms with Gasteiger partial charge in [-0.25, -0.2) is 0 Å².